The Morgan fingerprint density at radius 3 is 2.25 bits per heavy atom. The topological polar surface area (TPSA) is 48.0 Å². The molecule has 3 aromatic rings. The van der Waals surface area contributed by atoms with E-state index in [1.165, 1.54) is 5.56 Å². The molecule has 1 heterocycles. The zero-order valence-corrected chi connectivity index (χ0v) is 14.3. The SMILES string of the molecule is CC(=O)c1c(N)c(-c2ccccc2C)n(Cc2ccccc2)c1C. The summed E-state index contributed by atoms with van der Waals surface area (Å²) in [7, 11) is 0. The van der Waals surface area contributed by atoms with Gasteiger partial charge in [0.2, 0.25) is 0 Å². The second-order valence-electron chi connectivity index (χ2n) is 6.17. The van der Waals surface area contributed by atoms with Crippen LogP contribution in [0.5, 0.6) is 0 Å². The molecule has 3 rings (SSSR count). The summed E-state index contributed by atoms with van der Waals surface area (Å²) in [4.78, 5) is 12.1. The van der Waals surface area contributed by atoms with E-state index < -0.39 is 0 Å². The number of nitrogens with zero attached hydrogens (tertiary/aromatic N) is 1. The first-order chi connectivity index (χ1) is 11.5. The molecule has 3 heteroatoms. The zero-order chi connectivity index (χ0) is 17.3. The van der Waals surface area contributed by atoms with Gasteiger partial charge in [0.1, 0.15) is 0 Å². The Balaban J connectivity index is 2.25. The predicted molar refractivity (Wildman–Crippen MR) is 99.3 cm³/mol. The summed E-state index contributed by atoms with van der Waals surface area (Å²) >= 11 is 0. The van der Waals surface area contributed by atoms with E-state index in [1.807, 2.05) is 37.3 Å². The van der Waals surface area contributed by atoms with Gasteiger partial charge in [-0.2, -0.15) is 0 Å². The molecule has 1 aromatic heterocycles. The Morgan fingerprint density at radius 1 is 1.00 bits per heavy atom. The second kappa shape index (κ2) is 6.36. The molecule has 0 aliphatic heterocycles. The van der Waals surface area contributed by atoms with Crippen molar-refractivity contribution in [1.82, 2.24) is 4.57 Å². The van der Waals surface area contributed by atoms with Crippen LogP contribution in [0.1, 0.15) is 34.1 Å². The van der Waals surface area contributed by atoms with Crippen LogP contribution in [0.4, 0.5) is 5.69 Å². The molecular weight excluding hydrogens is 296 g/mol. The Labute approximate surface area is 142 Å². The number of ketones is 1. The maximum absolute atomic E-state index is 12.1. The van der Waals surface area contributed by atoms with Gasteiger partial charge < -0.3 is 10.3 Å². The third-order valence-corrected chi connectivity index (χ3v) is 4.50. The number of nitrogens with two attached hydrogens (primary N) is 1. The van der Waals surface area contributed by atoms with Crippen molar-refractivity contribution in [2.75, 3.05) is 5.73 Å². The highest BCUT2D eigenvalue weighted by Gasteiger charge is 2.23. The van der Waals surface area contributed by atoms with Crippen molar-refractivity contribution in [3.8, 4) is 11.3 Å². The van der Waals surface area contributed by atoms with E-state index in [1.54, 1.807) is 6.92 Å². The Bertz CT molecular complexity index is 892. The second-order valence-corrected chi connectivity index (χ2v) is 6.17. The molecule has 0 spiro atoms. The molecule has 122 valence electrons. The molecule has 3 nitrogen and oxygen atoms in total. The summed E-state index contributed by atoms with van der Waals surface area (Å²) in [6, 6.07) is 18.4. The molecule has 0 fully saturated rings. The number of nitrogen functional groups attached to an aromatic ring is 1. The lowest BCUT2D eigenvalue weighted by Crippen LogP contribution is -2.05. The molecule has 0 saturated carbocycles. The standard InChI is InChI=1S/C21H22N2O/c1-14-9-7-8-12-18(14)21-20(22)19(16(3)24)15(2)23(21)13-17-10-5-4-6-11-17/h4-12H,13,22H2,1-3H3. The fraction of sp³-hybridized carbons (Fsp3) is 0.190. The molecule has 0 radical (unpaired) electrons. The smallest absolute Gasteiger partial charge is 0.163 e. The molecule has 0 bridgehead atoms. The van der Waals surface area contributed by atoms with Crippen LogP contribution >= 0.6 is 0 Å². The minimum atomic E-state index is 0.00615. The highest BCUT2D eigenvalue weighted by molar-refractivity contribution is 6.04. The van der Waals surface area contributed by atoms with E-state index in [9.17, 15) is 4.79 Å². The van der Waals surface area contributed by atoms with E-state index in [0.29, 0.717) is 17.8 Å². The van der Waals surface area contributed by atoms with Crippen molar-refractivity contribution in [3.05, 3.63) is 77.0 Å². The average molecular weight is 318 g/mol. The average Bonchev–Trinajstić information content (AvgIpc) is 2.80. The maximum atomic E-state index is 12.1. The first kappa shape index (κ1) is 16.1. The number of benzene rings is 2. The summed E-state index contributed by atoms with van der Waals surface area (Å²) in [5.41, 5.74) is 12.9. The van der Waals surface area contributed by atoms with Crippen LogP contribution in [-0.4, -0.2) is 10.4 Å². The Kier molecular flexibility index (Phi) is 4.26. The minimum Gasteiger partial charge on any atom is -0.396 e. The maximum Gasteiger partial charge on any atom is 0.163 e. The normalized spacial score (nSPS) is 10.8. The van der Waals surface area contributed by atoms with Gasteiger partial charge in [-0.1, -0.05) is 54.6 Å². The summed E-state index contributed by atoms with van der Waals surface area (Å²) in [6.07, 6.45) is 0. The van der Waals surface area contributed by atoms with Crippen LogP contribution in [0.25, 0.3) is 11.3 Å². The van der Waals surface area contributed by atoms with Crippen molar-refractivity contribution >= 4 is 11.5 Å². The minimum absolute atomic E-state index is 0.00615. The van der Waals surface area contributed by atoms with Crippen molar-refractivity contribution in [1.29, 1.82) is 0 Å². The lowest BCUT2D eigenvalue weighted by molar-refractivity contribution is 0.101. The van der Waals surface area contributed by atoms with E-state index >= 15 is 0 Å². The van der Waals surface area contributed by atoms with Crippen molar-refractivity contribution in [2.45, 2.75) is 27.3 Å². The van der Waals surface area contributed by atoms with Crippen LogP contribution in [0, 0.1) is 13.8 Å². The van der Waals surface area contributed by atoms with Crippen LogP contribution in [0.3, 0.4) is 0 Å². The molecular formula is C21H22N2O. The number of Topliss-reactive ketones (excluding diaryl/α,β-unsaturated/α-hetero) is 1. The van der Waals surface area contributed by atoms with Crippen molar-refractivity contribution < 1.29 is 4.79 Å². The van der Waals surface area contributed by atoms with Gasteiger partial charge in [0.15, 0.2) is 5.78 Å². The van der Waals surface area contributed by atoms with Gasteiger partial charge in [-0.15, -0.1) is 0 Å². The molecule has 2 N–H and O–H groups in total. The lowest BCUT2D eigenvalue weighted by atomic mass is 10.0. The van der Waals surface area contributed by atoms with Gasteiger partial charge in [0, 0.05) is 17.8 Å². The summed E-state index contributed by atoms with van der Waals surface area (Å²) in [5.74, 6) is 0.00615. The van der Waals surface area contributed by atoms with Gasteiger partial charge in [-0.3, -0.25) is 4.79 Å². The van der Waals surface area contributed by atoms with E-state index in [2.05, 4.69) is 35.8 Å². The first-order valence-electron chi connectivity index (χ1n) is 8.10. The monoisotopic (exact) mass is 318 g/mol. The summed E-state index contributed by atoms with van der Waals surface area (Å²) in [5, 5.41) is 0. The number of hydrogen-bond acceptors (Lipinski definition) is 2. The molecule has 0 aliphatic rings. The molecule has 0 saturated heterocycles. The van der Waals surface area contributed by atoms with Gasteiger partial charge >= 0.3 is 0 Å². The van der Waals surface area contributed by atoms with Gasteiger partial charge in [0.05, 0.1) is 16.9 Å². The van der Waals surface area contributed by atoms with Crippen LogP contribution < -0.4 is 5.73 Å². The third kappa shape index (κ3) is 2.73. The highest BCUT2D eigenvalue weighted by Crippen LogP contribution is 2.36. The van der Waals surface area contributed by atoms with E-state index in [0.717, 1.165) is 22.5 Å². The molecule has 0 unspecified atom stereocenters. The lowest BCUT2D eigenvalue weighted by Gasteiger charge is -2.14. The third-order valence-electron chi connectivity index (χ3n) is 4.50. The molecule has 0 amide bonds. The Morgan fingerprint density at radius 2 is 1.62 bits per heavy atom. The molecule has 0 aliphatic carbocycles. The quantitative estimate of drug-likeness (QED) is 0.714. The van der Waals surface area contributed by atoms with Crippen molar-refractivity contribution in [3.63, 3.8) is 0 Å². The van der Waals surface area contributed by atoms with Gasteiger partial charge in [0.25, 0.3) is 0 Å². The largest absolute Gasteiger partial charge is 0.396 e. The predicted octanol–water partition coefficient (Wildman–Crippen LogP) is 4.61. The summed E-state index contributed by atoms with van der Waals surface area (Å²) < 4.78 is 2.16. The Hall–Kier alpha value is -2.81. The first-order valence-corrected chi connectivity index (χ1v) is 8.10. The van der Waals surface area contributed by atoms with E-state index in [-0.39, 0.29) is 5.78 Å². The number of rotatable bonds is 4. The number of carbonyl (C=O) groups excluding carboxylic acids is 1. The zero-order valence-electron chi connectivity index (χ0n) is 14.3. The van der Waals surface area contributed by atoms with Crippen molar-refractivity contribution in [2.24, 2.45) is 0 Å². The molecule has 2 aromatic carbocycles. The molecule has 24 heavy (non-hydrogen) atoms. The number of anilines is 1. The van der Waals surface area contributed by atoms with E-state index in [4.69, 9.17) is 5.73 Å². The molecule has 0 atom stereocenters. The summed E-state index contributed by atoms with van der Waals surface area (Å²) in [6.45, 7) is 6.30. The highest BCUT2D eigenvalue weighted by atomic mass is 16.1. The van der Waals surface area contributed by atoms with Crippen LogP contribution in [-0.2, 0) is 6.54 Å². The van der Waals surface area contributed by atoms with Gasteiger partial charge in [-0.05, 0) is 31.9 Å². The number of hydrogen-bond donors (Lipinski definition) is 1. The number of aromatic nitrogens is 1. The van der Waals surface area contributed by atoms with Crippen LogP contribution in [0.2, 0.25) is 0 Å². The van der Waals surface area contributed by atoms with Crippen LogP contribution in [0.15, 0.2) is 54.6 Å². The van der Waals surface area contributed by atoms with Gasteiger partial charge in [-0.25, -0.2) is 0 Å². The fourth-order valence-corrected chi connectivity index (χ4v) is 3.30. The fourth-order valence-electron chi connectivity index (χ4n) is 3.30. The number of aryl methyl sites for hydroxylation is 1. The number of carbonyl (C=O) groups is 1.